The number of imidazole rings is 5. The summed E-state index contributed by atoms with van der Waals surface area (Å²) in [6.07, 6.45) is 15.5. The molecule has 1 aliphatic rings. The Morgan fingerprint density at radius 2 is 1.12 bits per heavy atom. The average Bonchev–Trinajstić information content (AvgIpc) is 1.78. The first-order valence-corrected chi connectivity index (χ1v) is 32.0. The Morgan fingerprint density at radius 3 is 1.59 bits per heavy atom. The van der Waals surface area contributed by atoms with Crippen LogP contribution in [-0.4, -0.2) is 139 Å². The van der Waals surface area contributed by atoms with E-state index in [1.54, 1.807) is 86.9 Å². The standard InChI is InChI=1S/C16H13N3O3S.C12H11N3O2S.C11H9N3O2S.C9H7N3O.C8H6N2O.C3H6O2S.H2O4S/c1-12-5-7-14(8-6-12)23(20,21)22-15(10-17)16-18-11-13-4-2-3-9-19(13)16;1-17-11(16)8-18-10(6-13)12-14-7-9-4-2-3-5-15(9)12;15-8-6-17-9(11(16)13-8)10-12-5-7-3-1-2-4-14(7)10;10-5-8(13)9-11-6-7-3-1-2-4-12(7)9;11-6-8-9-5-7-3-1-2-4-10(7)8;1-5-3(4)2-6;1-5(2,3)4/h2-9,11,15H,1H3;2-5,7,10H,8H2,1H3;1-5,9H,6H2,(H,13,15,16);1-4,6,8,13H;1-6H;6H,2H2,1H3;(H2,1,2,3,4). The maximum Gasteiger partial charge on any atom is 0.394 e. The van der Waals surface area contributed by atoms with Gasteiger partial charge in [-0.1, -0.05) is 48.0 Å². The normalized spacial score (nSPS) is 13.4. The highest BCUT2D eigenvalue weighted by atomic mass is 32.3. The minimum absolute atomic E-state index is 0.00390. The Hall–Kier alpha value is -10.3. The number of nitrogens with one attached hydrogen (secondary N) is 1. The van der Waals surface area contributed by atoms with Gasteiger partial charge in [-0.15, -0.1) is 23.5 Å². The van der Waals surface area contributed by atoms with Gasteiger partial charge in [-0.05, 0) is 79.7 Å². The molecule has 11 heterocycles. The summed E-state index contributed by atoms with van der Waals surface area (Å²) in [4.78, 5) is 74.7. The Morgan fingerprint density at radius 1 is 0.667 bits per heavy atom. The number of aryl methyl sites for hydroxylation is 1. The van der Waals surface area contributed by atoms with Gasteiger partial charge in [-0.25, -0.2) is 29.1 Å². The molecular formula is C59H54N14O15S5. The van der Waals surface area contributed by atoms with Crippen LogP contribution < -0.4 is 5.32 Å². The van der Waals surface area contributed by atoms with E-state index in [0.717, 1.165) is 39.4 Å². The SMILES string of the molecule is COC(=O)CS.COC(=O)CSC(C#N)c1ncc2ccccn12.Cc1ccc(S(=O)(=O)OC(C#N)c2ncc3ccccn23)cc1.N#CC(O)c1ncc2ccccn12.O=C1CSC(c2ncc3ccccn23)C(=O)N1.O=Cc1ncc2ccccn12.O=S(=O)(O)O. The summed E-state index contributed by atoms with van der Waals surface area (Å²) < 4.78 is 78.9. The molecule has 4 unspecified atom stereocenters. The lowest BCUT2D eigenvalue weighted by atomic mass is 10.2. The lowest BCUT2D eigenvalue weighted by molar-refractivity contribution is -0.138. The smallest absolute Gasteiger partial charge is 0.394 e. The second kappa shape index (κ2) is 34.8. The van der Waals surface area contributed by atoms with Crippen LogP contribution in [0.25, 0.3) is 27.6 Å². The molecule has 0 radical (unpaired) electrons. The molecule has 1 aliphatic heterocycles. The average molecular weight is 1360 g/mol. The molecule has 29 nitrogen and oxygen atoms in total. The van der Waals surface area contributed by atoms with E-state index in [1.807, 2.05) is 119 Å². The Balaban J connectivity index is 0.000000180. The summed E-state index contributed by atoms with van der Waals surface area (Å²) in [6.45, 7) is 1.85. The molecule has 93 heavy (non-hydrogen) atoms. The van der Waals surface area contributed by atoms with Crippen molar-refractivity contribution in [1.82, 2.24) is 52.2 Å². The number of nitriles is 3. The number of thioether (sulfide) groups is 2. The fourth-order valence-electron chi connectivity index (χ4n) is 7.87. The van der Waals surface area contributed by atoms with Gasteiger partial charge in [-0.2, -0.15) is 45.3 Å². The molecule has 480 valence electrons. The maximum atomic E-state index is 12.3. The van der Waals surface area contributed by atoms with Crippen molar-refractivity contribution in [2.45, 2.75) is 34.5 Å². The lowest BCUT2D eigenvalue weighted by Gasteiger charge is -2.19. The van der Waals surface area contributed by atoms with Crippen LogP contribution in [0.1, 0.15) is 62.2 Å². The van der Waals surface area contributed by atoms with Crippen LogP contribution >= 0.6 is 36.2 Å². The van der Waals surface area contributed by atoms with E-state index in [0.29, 0.717) is 23.3 Å². The number of fused-ring (bicyclic) bond motifs is 5. The van der Waals surface area contributed by atoms with Crippen LogP contribution in [0.15, 0.2) is 182 Å². The zero-order chi connectivity index (χ0) is 67.7. The first-order chi connectivity index (χ1) is 44.6. The molecule has 2 amide bonds. The summed E-state index contributed by atoms with van der Waals surface area (Å²) in [5.74, 6) is 1.74. The Kier molecular flexibility index (Phi) is 26.8. The number of nitrogens with zero attached hydrogens (tertiary/aromatic N) is 13. The first-order valence-electron chi connectivity index (χ1n) is 26.5. The van der Waals surface area contributed by atoms with Gasteiger partial charge in [0.05, 0.1) is 101 Å². The number of carbonyl (C=O) groups is 5. The number of hydrogen-bond acceptors (Lipinski definition) is 24. The first kappa shape index (κ1) is 71.8. The van der Waals surface area contributed by atoms with E-state index in [-0.39, 0.29) is 51.7 Å². The van der Waals surface area contributed by atoms with Crippen molar-refractivity contribution in [2.24, 2.45) is 0 Å². The second-order valence-corrected chi connectivity index (χ2v) is 23.2. The van der Waals surface area contributed by atoms with E-state index in [1.165, 1.54) is 49.9 Å². The molecule has 0 spiro atoms. The van der Waals surface area contributed by atoms with E-state index in [9.17, 15) is 42.8 Å². The maximum absolute atomic E-state index is 12.3. The highest BCUT2D eigenvalue weighted by molar-refractivity contribution is 8.01. The van der Waals surface area contributed by atoms with Gasteiger partial charge < -0.3 is 32.2 Å². The number of hydrogen-bond donors (Lipinski definition) is 5. The molecule has 10 aromatic heterocycles. The van der Waals surface area contributed by atoms with Crippen LogP contribution in [0.5, 0.6) is 0 Å². The molecule has 1 aromatic carbocycles. The third-order valence-corrected chi connectivity index (χ3v) is 15.9. The monoisotopic (exact) mass is 1360 g/mol. The fourth-order valence-corrected chi connectivity index (χ4v) is 10.7. The molecule has 0 bridgehead atoms. The third-order valence-electron chi connectivity index (χ3n) is 12.1. The highest BCUT2D eigenvalue weighted by Gasteiger charge is 2.32. The summed E-state index contributed by atoms with van der Waals surface area (Å²) in [5, 5.41) is 37.7. The van der Waals surface area contributed by atoms with Gasteiger partial charge in [-0.3, -0.25) is 42.8 Å². The van der Waals surface area contributed by atoms with Crippen LogP contribution in [-0.2, 0) is 53.4 Å². The highest BCUT2D eigenvalue weighted by Crippen LogP contribution is 2.31. The molecule has 0 aliphatic carbocycles. The number of methoxy groups -OCH3 is 2. The number of amides is 2. The van der Waals surface area contributed by atoms with Crippen LogP contribution in [0.3, 0.4) is 0 Å². The number of carbonyl (C=O) groups excluding carboxylic acids is 5. The summed E-state index contributed by atoms with van der Waals surface area (Å²) >= 11 is 6.14. The minimum Gasteiger partial charge on any atom is -0.468 e. The molecule has 4 N–H and O–H groups in total. The number of ether oxygens (including phenoxy) is 2. The molecule has 1 saturated heterocycles. The van der Waals surface area contributed by atoms with Gasteiger partial charge in [0.1, 0.15) is 29.0 Å². The van der Waals surface area contributed by atoms with Gasteiger partial charge in [0.15, 0.2) is 35.1 Å². The van der Waals surface area contributed by atoms with E-state index in [2.05, 4.69) is 58.4 Å². The molecular weight excluding hydrogens is 1310 g/mol. The zero-order valence-corrected chi connectivity index (χ0v) is 53.0. The van der Waals surface area contributed by atoms with Crippen LogP contribution in [0.4, 0.5) is 0 Å². The van der Waals surface area contributed by atoms with Crippen molar-refractivity contribution < 1.29 is 68.7 Å². The number of esters is 2. The summed E-state index contributed by atoms with van der Waals surface area (Å²) in [6, 6.07) is 40.0. The zero-order valence-electron chi connectivity index (χ0n) is 48.9. The third kappa shape index (κ3) is 20.6. The van der Waals surface area contributed by atoms with Crippen molar-refractivity contribution in [3.63, 3.8) is 0 Å². The summed E-state index contributed by atoms with van der Waals surface area (Å²) in [5.41, 5.74) is 5.35. The summed E-state index contributed by atoms with van der Waals surface area (Å²) in [7, 11) is -6.07. The van der Waals surface area contributed by atoms with Gasteiger partial charge >= 0.3 is 22.3 Å². The quantitative estimate of drug-likeness (QED) is 0.0162. The number of rotatable bonds is 12. The van der Waals surface area contributed by atoms with Crippen LogP contribution in [0.2, 0.25) is 0 Å². The van der Waals surface area contributed by atoms with Crippen molar-refractivity contribution in [3.8, 4) is 18.2 Å². The number of thiol groups is 1. The number of aldehydes is 1. The molecule has 0 saturated carbocycles. The molecule has 4 atom stereocenters. The predicted octanol–water partition coefficient (Wildman–Crippen LogP) is 6.66. The van der Waals surface area contributed by atoms with E-state index >= 15 is 0 Å². The van der Waals surface area contributed by atoms with Gasteiger partial charge in [0.25, 0.3) is 10.1 Å². The lowest BCUT2D eigenvalue weighted by Crippen LogP contribution is -2.40. The molecule has 1 fully saturated rings. The van der Waals surface area contributed by atoms with E-state index < -0.39 is 43.2 Å². The van der Waals surface area contributed by atoms with Gasteiger partial charge in [0, 0.05) is 31.0 Å². The molecule has 12 rings (SSSR count). The topological polar surface area (TPSA) is 412 Å². The fraction of sp³-hybridized carbons (Fsp3) is 0.169. The Labute approximate surface area is 544 Å². The Bertz CT molecular complexity index is 4730. The molecule has 34 heteroatoms. The van der Waals surface area contributed by atoms with E-state index in [4.69, 9.17) is 32.2 Å². The van der Waals surface area contributed by atoms with Gasteiger partial charge in [0.2, 0.25) is 17.9 Å². The van der Waals surface area contributed by atoms with Crippen LogP contribution in [0, 0.1) is 40.9 Å². The number of aliphatic hydroxyl groups excluding tert-OH is 1. The minimum atomic E-state index is -4.67. The number of imide groups is 1. The van der Waals surface area contributed by atoms with Crippen molar-refractivity contribution >= 4 is 114 Å². The van der Waals surface area contributed by atoms with Crippen molar-refractivity contribution in [3.05, 3.63) is 212 Å². The molecule has 11 aromatic rings. The number of pyridine rings is 5. The second-order valence-electron chi connectivity index (χ2n) is 18.3. The van der Waals surface area contributed by atoms with Crippen molar-refractivity contribution in [2.75, 3.05) is 31.5 Å². The number of aromatic nitrogens is 10. The number of benzene rings is 1. The van der Waals surface area contributed by atoms with Crippen molar-refractivity contribution in [1.29, 1.82) is 15.8 Å². The predicted molar refractivity (Wildman–Crippen MR) is 341 cm³/mol. The largest absolute Gasteiger partial charge is 0.468 e. The number of aliphatic hydroxyl groups is 1.